The third kappa shape index (κ3) is 4.03. The first-order valence-electron chi connectivity index (χ1n) is 9.57. The molecule has 2 aliphatic heterocycles. The highest BCUT2D eigenvalue weighted by atomic mass is 32.2. The van der Waals surface area contributed by atoms with Crippen molar-refractivity contribution in [3.8, 4) is 17.2 Å². The second kappa shape index (κ2) is 7.94. The van der Waals surface area contributed by atoms with E-state index in [-0.39, 0.29) is 23.0 Å². The van der Waals surface area contributed by atoms with Crippen molar-refractivity contribution in [2.24, 2.45) is 0 Å². The molecular formula is C21H23NO6S. The van der Waals surface area contributed by atoms with Crippen LogP contribution in [0.2, 0.25) is 0 Å². The molecular weight excluding hydrogens is 394 g/mol. The van der Waals surface area contributed by atoms with E-state index in [0.717, 1.165) is 29.8 Å². The number of benzene rings is 2. The quantitative estimate of drug-likeness (QED) is 0.744. The Morgan fingerprint density at radius 3 is 2.69 bits per heavy atom. The summed E-state index contributed by atoms with van der Waals surface area (Å²) in [6, 6.07) is 10.2. The van der Waals surface area contributed by atoms with Crippen molar-refractivity contribution in [2.45, 2.75) is 24.2 Å². The average Bonchev–Trinajstić information content (AvgIpc) is 2.76. The standard InChI is InChI=1S/C21H23NO6S/c1-26-16-4-6-18-15(13-16)3-2-9-22(18)21(23)8-12-29(24,25)17-5-7-19-20(14-17)28-11-10-27-19/h4-7,13-14H,2-3,8-12H2,1H3. The Morgan fingerprint density at radius 2 is 1.90 bits per heavy atom. The summed E-state index contributed by atoms with van der Waals surface area (Å²) in [6.07, 6.45) is 1.62. The molecule has 0 saturated carbocycles. The number of amides is 1. The van der Waals surface area contributed by atoms with Crippen LogP contribution in [-0.4, -0.2) is 46.9 Å². The predicted octanol–water partition coefficient (Wildman–Crippen LogP) is 2.61. The lowest BCUT2D eigenvalue weighted by molar-refractivity contribution is -0.118. The van der Waals surface area contributed by atoms with E-state index in [0.29, 0.717) is 31.3 Å². The first kappa shape index (κ1) is 19.6. The number of fused-ring (bicyclic) bond motifs is 2. The smallest absolute Gasteiger partial charge is 0.228 e. The summed E-state index contributed by atoms with van der Waals surface area (Å²) in [5.74, 6) is 1.25. The zero-order chi connectivity index (χ0) is 20.4. The molecule has 0 radical (unpaired) electrons. The maximum atomic E-state index is 12.8. The van der Waals surface area contributed by atoms with Crippen LogP contribution in [0, 0.1) is 0 Å². The molecule has 0 saturated heterocycles. The Labute approximate surface area is 170 Å². The van der Waals surface area contributed by atoms with E-state index in [9.17, 15) is 13.2 Å². The Balaban J connectivity index is 1.47. The van der Waals surface area contributed by atoms with Crippen LogP contribution in [0.25, 0.3) is 0 Å². The molecule has 1 amide bonds. The van der Waals surface area contributed by atoms with Gasteiger partial charge in [0.05, 0.1) is 17.8 Å². The molecule has 0 atom stereocenters. The predicted molar refractivity (Wildman–Crippen MR) is 108 cm³/mol. The summed E-state index contributed by atoms with van der Waals surface area (Å²) >= 11 is 0. The Kier molecular flexibility index (Phi) is 5.36. The molecule has 2 aliphatic rings. The van der Waals surface area contributed by atoms with Crippen LogP contribution in [-0.2, 0) is 21.1 Å². The normalized spacial score (nSPS) is 15.6. The second-order valence-corrected chi connectivity index (χ2v) is 9.13. The fourth-order valence-electron chi connectivity index (χ4n) is 3.65. The molecule has 0 spiro atoms. The van der Waals surface area contributed by atoms with Gasteiger partial charge in [0, 0.05) is 24.7 Å². The van der Waals surface area contributed by atoms with Crippen molar-refractivity contribution in [3.63, 3.8) is 0 Å². The number of hydrogen-bond acceptors (Lipinski definition) is 6. The fourth-order valence-corrected chi connectivity index (χ4v) is 4.89. The molecule has 2 heterocycles. The largest absolute Gasteiger partial charge is 0.497 e. The van der Waals surface area contributed by atoms with Crippen molar-refractivity contribution < 1.29 is 27.4 Å². The van der Waals surface area contributed by atoms with E-state index < -0.39 is 9.84 Å². The van der Waals surface area contributed by atoms with Crippen LogP contribution in [0.1, 0.15) is 18.4 Å². The fraction of sp³-hybridized carbons (Fsp3) is 0.381. The summed E-state index contributed by atoms with van der Waals surface area (Å²) in [4.78, 5) is 14.6. The molecule has 0 aliphatic carbocycles. The monoisotopic (exact) mass is 417 g/mol. The zero-order valence-electron chi connectivity index (χ0n) is 16.2. The molecule has 2 aromatic rings. The number of nitrogens with zero attached hydrogens (tertiary/aromatic N) is 1. The average molecular weight is 417 g/mol. The van der Waals surface area contributed by atoms with E-state index in [1.165, 1.54) is 12.1 Å². The van der Waals surface area contributed by atoms with E-state index in [1.54, 1.807) is 18.1 Å². The maximum absolute atomic E-state index is 12.8. The van der Waals surface area contributed by atoms with Crippen molar-refractivity contribution in [1.29, 1.82) is 0 Å². The van der Waals surface area contributed by atoms with E-state index >= 15 is 0 Å². The van der Waals surface area contributed by atoms with Crippen LogP contribution in [0.3, 0.4) is 0 Å². The van der Waals surface area contributed by atoms with Crippen molar-refractivity contribution in [1.82, 2.24) is 0 Å². The van der Waals surface area contributed by atoms with Gasteiger partial charge >= 0.3 is 0 Å². The van der Waals surface area contributed by atoms with Crippen molar-refractivity contribution in [2.75, 3.05) is 37.5 Å². The first-order valence-corrected chi connectivity index (χ1v) is 11.2. The van der Waals surface area contributed by atoms with Gasteiger partial charge < -0.3 is 19.1 Å². The van der Waals surface area contributed by atoms with Gasteiger partial charge in [-0.2, -0.15) is 0 Å². The highest BCUT2D eigenvalue weighted by molar-refractivity contribution is 7.91. The Morgan fingerprint density at radius 1 is 1.10 bits per heavy atom. The molecule has 7 nitrogen and oxygen atoms in total. The number of sulfone groups is 1. The number of hydrogen-bond donors (Lipinski definition) is 0. The van der Waals surface area contributed by atoms with Crippen LogP contribution in [0.4, 0.5) is 5.69 Å². The van der Waals surface area contributed by atoms with Gasteiger partial charge in [0.15, 0.2) is 21.3 Å². The minimum atomic E-state index is -3.62. The van der Waals surface area contributed by atoms with Gasteiger partial charge in [0.1, 0.15) is 19.0 Å². The molecule has 0 bridgehead atoms. The third-order valence-corrected chi connectivity index (χ3v) is 6.88. The highest BCUT2D eigenvalue weighted by Crippen LogP contribution is 2.33. The minimum absolute atomic E-state index is 0.0811. The van der Waals surface area contributed by atoms with Crippen LogP contribution in [0.15, 0.2) is 41.3 Å². The van der Waals surface area contributed by atoms with Gasteiger partial charge in [0.2, 0.25) is 5.91 Å². The number of rotatable bonds is 5. The van der Waals surface area contributed by atoms with Gasteiger partial charge in [-0.15, -0.1) is 0 Å². The van der Waals surface area contributed by atoms with Crippen LogP contribution >= 0.6 is 0 Å². The van der Waals surface area contributed by atoms with Crippen molar-refractivity contribution in [3.05, 3.63) is 42.0 Å². The molecule has 154 valence electrons. The molecule has 0 fully saturated rings. The minimum Gasteiger partial charge on any atom is -0.497 e. The number of methoxy groups -OCH3 is 1. The van der Waals surface area contributed by atoms with E-state index in [4.69, 9.17) is 14.2 Å². The zero-order valence-corrected chi connectivity index (χ0v) is 17.0. The van der Waals surface area contributed by atoms with Gasteiger partial charge in [-0.3, -0.25) is 4.79 Å². The topological polar surface area (TPSA) is 82.1 Å². The molecule has 8 heteroatoms. The lowest BCUT2D eigenvalue weighted by Gasteiger charge is -2.30. The summed E-state index contributed by atoms with van der Waals surface area (Å²) in [5, 5.41) is 0. The molecule has 29 heavy (non-hydrogen) atoms. The number of ether oxygens (including phenoxy) is 3. The number of carbonyl (C=O) groups excluding carboxylic acids is 1. The Bertz CT molecular complexity index is 1030. The van der Waals surface area contributed by atoms with E-state index in [1.807, 2.05) is 18.2 Å². The second-order valence-electron chi connectivity index (χ2n) is 7.02. The highest BCUT2D eigenvalue weighted by Gasteiger charge is 2.26. The molecule has 0 aromatic heterocycles. The number of carbonyl (C=O) groups is 1. The number of anilines is 1. The number of aryl methyl sites for hydroxylation is 1. The van der Waals surface area contributed by atoms with Crippen LogP contribution in [0.5, 0.6) is 17.2 Å². The summed E-state index contributed by atoms with van der Waals surface area (Å²) < 4.78 is 41.6. The summed E-state index contributed by atoms with van der Waals surface area (Å²) in [6.45, 7) is 1.41. The molecule has 2 aromatic carbocycles. The SMILES string of the molecule is COc1ccc2c(c1)CCCN2C(=O)CCS(=O)(=O)c1ccc2c(c1)OCCO2. The third-order valence-electron chi connectivity index (χ3n) is 5.16. The lowest BCUT2D eigenvalue weighted by atomic mass is 10.0. The lowest BCUT2D eigenvalue weighted by Crippen LogP contribution is -2.36. The summed E-state index contributed by atoms with van der Waals surface area (Å²) in [7, 11) is -2.01. The first-order chi connectivity index (χ1) is 14.0. The van der Waals surface area contributed by atoms with Gasteiger partial charge in [0.25, 0.3) is 0 Å². The summed E-state index contributed by atoms with van der Waals surface area (Å²) in [5.41, 5.74) is 1.87. The molecule has 4 rings (SSSR count). The van der Waals surface area contributed by atoms with Gasteiger partial charge in [-0.1, -0.05) is 0 Å². The van der Waals surface area contributed by atoms with Gasteiger partial charge in [-0.25, -0.2) is 8.42 Å². The maximum Gasteiger partial charge on any atom is 0.228 e. The molecule has 0 unspecified atom stereocenters. The Hall–Kier alpha value is -2.74. The van der Waals surface area contributed by atoms with E-state index in [2.05, 4.69) is 0 Å². The van der Waals surface area contributed by atoms with Crippen LogP contribution < -0.4 is 19.1 Å². The van der Waals surface area contributed by atoms with Gasteiger partial charge in [-0.05, 0) is 48.7 Å². The van der Waals surface area contributed by atoms with Crippen molar-refractivity contribution >= 4 is 21.4 Å². The molecule has 0 N–H and O–H groups in total.